The topological polar surface area (TPSA) is 38.7 Å². The monoisotopic (exact) mass is 252 g/mol. The lowest BCUT2D eigenvalue weighted by Crippen LogP contribution is -2.08. The van der Waals surface area contributed by atoms with Crippen LogP contribution in [0.4, 0.5) is 0 Å². The zero-order valence-electron chi connectivity index (χ0n) is 11.4. The van der Waals surface area contributed by atoms with Crippen LogP contribution in [0.25, 0.3) is 0 Å². The van der Waals surface area contributed by atoms with Gasteiger partial charge < -0.3 is 14.6 Å². The van der Waals surface area contributed by atoms with E-state index in [0.717, 1.165) is 37.2 Å². The molecule has 0 aliphatic carbocycles. The third-order valence-electron chi connectivity index (χ3n) is 2.71. The molecule has 0 aliphatic rings. The van der Waals surface area contributed by atoms with Gasteiger partial charge in [-0.3, -0.25) is 0 Å². The maximum atomic E-state index is 9.60. The minimum Gasteiger partial charge on any atom is -0.490 e. The predicted molar refractivity (Wildman–Crippen MR) is 73.3 cm³/mol. The van der Waals surface area contributed by atoms with Gasteiger partial charge in [-0.25, -0.2) is 0 Å². The van der Waals surface area contributed by atoms with Crippen molar-refractivity contribution < 1.29 is 14.6 Å². The highest BCUT2D eigenvalue weighted by Gasteiger charge is 2.05. The van der Waals surface area contributed by atoms with Gasteiger partial charge in [0, 0.05) is 0 Å². The molecule has 1 rings (SSSR count). The SMILES string of the molecule is CCCC(O)CCCOc1ccccc1OCC. The molecule has 102 valence electrons. The molecule has 3 nitrogen and oxygen atoms in total. The summed E-state index contributed by atoms with van der Waals surface area (Å²) in [7, 11) is 0. The fourth-order valence-corrected chi connectivity index (χ4v) is 1.82. The molecule has 0 aromatic heterocycles. The van der Waals surface area contributed by atoms with Crippen molar-refractivity contribution in [1.82, 2.24) is 0 Å². The number of benzene rings is 1. The molecule has 0 bridgehead atoms. The average Bonchev–Trinajstić information content (AvgIpc) is 2.37. The fraction of sp³-hybridized carbons (Fsp3) is 0.600. The van der Waals surface area contributed by atoms with Crippen LogP contribution >= 0.6 is 0 Å². The average molecular weight is 252 g/mol. The first-order chi connectivity index (χ1) is 8.77. The van der Waals surface area contributed by atoms with Gasteiger partial charge in [0.15, 0.2) is 11.5 Å². The number of rotatable bonds is 9. The Morgan fingerprint density at radius 2 is 1.72 bits per heavy atom. The highest BCUT2D eigenvalue weighted by atomic mass is 16.5. The molecule has 0 amide bonds. The van der Waals surface area contributed by atoms with Crippen LogP contribution in [0.15, 0.2) is 24.3 Å². The summed E-state index contributed by atoms with van der Waals surface area (Å²) in [5.74, 6) is 1.57. The molecule has 1 atom stereocenters. The lowest BCUT2D eigenvalue weighted by molar-refractivity contribution is 0.142. The van der Waals surface area contributed by atoms with E-state index in [1.54, 1.807) is 0 Å². The van der Waals surface area contributed by atoms with E-state index in [2.05, 4.69) is 6.92 Å². The molecule has 3 heteroatoms. The van der Waals surface area contributed by atoms with Gasteiger partial charge in [0.2, 0.25) is 0 Å². The van der Waals surface area contributed by atoms with Gasteiger partial charge in [-0.05, 0) is 38.3 Å². The molecule has 0 saturated carbocycles. The van der Waals surface area contributed by atoms with Crippen molar-refractivity contribution in [2.45, 2.75) is 45.6 Å². The quantitative estimate of drug-likeness (QED) is 0.684. The molecule has 0 heterocycles. The van der Waals surface area contributed by atoms with Crippen molar-refractivity contribution >= 4 is 0 Å². The van der Waals surface area contributed by atoms with Crippen LogP contribution in [0, 0.1) is 0 Å². The number of aliphatic hydroxyl groups is 1. The summed E-state index contributed by atoms with van der Waals surface area (Å²) in [5.41, 5.74) is 0. The van der Waals surface area contributed by atoms with Crippen molar-refractivity contribution in [2.24, 2.45) is 0 Å². The Labute approximate surface area is 110 Å². The maximum absolute atomic E-state index is 9.60. The van der Waals surface area contributed by atoms with Crippen LogP contribution in [0.3, 0.4) is 0 Å². The Hall–Kier alpha value is -1.22. The van der Waals surface area contributed by atoms with Crippen LogP contribution < -0.4 is 9.47 Å². The number of ether oxygens (including phenoxy) is 2. The van der Waals surface area contributed by atoms with Gasteiger partial charge in [0.1, 0.15) is 0 Å². The van der Waals surface area contributed by atoms with Crippen LogP contribution in [0.5, 0.6) is 11.5 Å². The Morgan fingerprint density at radius 3 is 2.33 bits per heavy atom. The lowest BCUT2D eigenvalue weighted by atomic mass is 10.1. The molecule has 0 saturated heterocycles. The van der Waals surface area contributed by atoms with Gasteiger partial charge in [0.25, 0.3) is 0 Å². The summed E-state index contributed by atoms with van der Waals surface area (Å²) in [6.07, 6.45) is 3.36. The smallest absolute Gasteiger partial charge is 0.161 e. The maximum Gasteiger partial charge on any atom is 0.161 e. The first kappa shape index (κ1) is 14.8. The van der Waals surface area contributed by atoms with Crippen molar-refractivity contribution in [3.63, 3.8) is 0 Å². The van der Waals surface area contributed by atoms with E-state index in [9.17, 15) is 5.11 Å². The molecule has 0 spiro atoms. The summed E-state index contributed by atoms with van der Waals surface area (Å²) >= 11 is 0. The zero-order valence-corrected chi connectivity index (χ0v) is 11.4. The second-order valence-corrected chi connectivity index (χ2v) is 4.31. The lowest BCUT2D eigenvalue weighted by Gasteiger charge is -2.12. The largest absolute Gasteiger partial charge is 0.490 e. The van der Waals surface area contributed by atoms with Crippen molar-refractivity contribution in [2.75, 3.05) is 13.2 Å². The van der Waals surface area contributed by atoms with Gasteiger partial charge in [-0.1, -0.05) is 25.5 Å². The van der Waals surface area contributed by atoms with E-state index >= 15 is 0 Å². The zero-order chi connectivity index (χ0) is 13.2. The summed E-state index contributed by atoms with van der Waals surface area (Å²) in [6, 6.07) is 7.69. The Bertz CT molecular complexity index is 325. The molecule has 1 aromatic rings. The Kier molecular flexibility index (Phi) is 7.26. The normalized spacial score (nSPS) is 12.2. The third-order valence-corrected chi connectivity index (χ3v) is 2.71. The van der Waals surface area contributed by atoms with E-state index < -0.39 is 0 Å². The highest BCUT2D eigenvalue weighted by Crippen LogP contribution is 2.26. The highest BCUT2D eigenvalue weighted by molar-refractivity contribution is 5.39. The van der Waals surface area contributed by atoms with E-state index in [4.69, 9.17) is 9.47 Å². The molecule has 1 unspecified atom stereocenters. The van der Waals surface area contributed by atoms with Gasteiger partial charge in [-0.2, -0.15) is 0 Å². The molecule has 0 aliphatic heterocycles. The van der Waals surface area contributed by atoms with Crippen LogP contribution in [0.1, 0.15) is 39.5 Å². The fourth-order valence-electron chi connectivity index (χ4n) is 1.82. The van der Waals surface area contributed by atoms with Gasteiger partial charge >= 0.3 is 0 Å². The molecular weight excluding hydrogens is 228 g/mol. The Morgan fingerprint density at radius 1 is 1.06 bits per heavy atom. The van der Waals surface area contributed by atoms with Gasteiger partial charge in [0.05, 0.1) is 19.3 Å². The number of hydrogen-bond donors (Lipinski definition) is 1. The van der Waals surface area contributed by atoms with E-state index in [1.165, 1.54) is 0 Å². The molecule has 0 radical (unpaired) electrons. The van der Waals surface area contributed by atoms with E-state index in [-0.39, 0.29) is 6.10 Å². The van der Waals surface area contributed by atoms with Crippen molar-refractivity contribution in [3.05, 3.63) is 24.3 Å². The van der Waals surface area contributed by atoms with Crippen molar-refractivity contribution in [3.8, 4) is 11.5 Å². The molecule has 18 heavy (non-hydrogen) atoms. The molecule has 1 aromatic carbocycles. The van der Waals surface area contributed by atoms with Gasteiger partial charge in [-0.15, -0.1) is 0 Å². The second kappa shape index (κ2) is 8.81. The number of hydrogen-bond acceptors (Lipinski definition) is 3. The Balaban J connectivity index is 2.30. The number of aliphatic hydroxyl groups excluding tert-OH is 1. The first-order valence-electron chi connectivity index (χ1n) is 6.80. The van der Waals surface area contributed by atoms with Crippen LogP contribution in [0.2, 0.25) is 0 Å². The van der Waals surface area contributed by atoms with E-state index in [0.29, 0.717) is 13.2 Å². The summed E-state index contributed by atoms with van der Waals surface area (Å²) in [5, 5.41) is 9.60. The minimum absolute atomic E-state index is 0.194. The predicted octanol–water partition coefficient (Wildman–Crippen LogP) is 3.41. The van der Waals surface area contributed by atoms with Crippen LogP contribution in [-0.4, -0.2) is 24.4 Å². The summed E-state index contributed by atoms with van der Waals surface area (Å²) in [4.78, 5) is 0. The molecular formula is C15H24O3. The molecule has 1 N–H and O–H groups in total. The molecule has 0 fully saturated rings. The van der Waals surface area contributed by atoms with Crippen LogP contribution in [-0.2, 0) is 0 Å². The standard InChI is InChI=1S/C15H24O3/c1-3-8-13(16)9-7-12-18-15-11-6-5-10-14(15)17-4-2/h5-6,10-11,13,16H,3-4,7-9,12H2,1-2H3. The van der Waals surface area contributed by atoms with Crippen molar-refractivity contribution in [1.29, 1.82) is 0 Å². The summed E-state index contributed by atoms with van der Waals surface area (Å²) < 4.78 is 11.2. The summed E-state index contributed by atoms with van der Waals surface area (Å²) in [6.45, 7) is 5.29. The minimum atomic E-state index is -0.194. The van der Waals surface area contributed by atoms with E-state index in [1.807, 2.05) is 31.2 Å². The number of para-hydroxylation sites is 2. The third kappa shape index (κ3) is 5.41. The second-order valence-electron chi connectivity index (χ2n) is 4.31. The first-order valence-corrected chi connectivity index (χ1v) is 6.80.